The quantitative estimate of drug-likeness (QED) is 0.0347. The van der Waals surface area contributed by atoms with Gasteiger partial charge in [0.15, 0.2) is 0 Å². The van der Waals surface area contributed by atoms with Crippen molar-refractivity contribution in [2.24, 2.45) is 11.8 Å². The molecule has 2 heterocycles. The van der Waals surface area contributed by atoms with Crippen molar-refractivity contribution in [3.8, 4) is 0 Å². The van der Waals surface area contributed by atoms with Crippen LogP contribution in [0.5, 0.6) is 0 Å². The van der Waals surface area contributed by atoms with E-state index < -0.39 is 159 Å². The van der Waals surface area contributed by atoms with E-state index >= 15 is 0 Å². The van der Waals surface area contributed by atoms with Gasteiger partial charge in [-0.05, 0) is 70.3 Å². The number of carbonyl (C=O) groups excluding carboxylic acids is 9. The fraction of sp³-hybridized carbons (Fsp3) is 0.732. The molecule has 378 valence electrons. The number of carboxylic acid groups (broad SMARTS) is 2. The summed E-state index contributed by atoms with van der Waals surface area (Å²) in [5.41, 5.74) is 0. The lowest BCUT2D eigenvalue weighted by molar-refractivity contribution is -0.144. The predicted octanol–water partition coefficient (Wildman–Crippen LogP) is -5.72. The molecule has 2 saturated heterocycles. The van der Waals surface area contributed by atoms with E-state index in [1.807, 2.05) is 0 Å². The second kappa shape index (κ2) is 28.2. The van der Waals surface area contributed by atoms with Crippen molar-refractivity contribution < 1.29 is 78.3 Å². The molecule has 2 aliphatic heterocycles. The Labute approximate surface area is 387 Å². The third-order valence-corrected chi connectivity index (χ3v) is 10.7. The normalized spacial score (nSPS) is 18.8. The van der Waals surface area contributed by atoms with Gasteiger partial charge in [-0.15, -0.1) is 0 Å². The zero-order valence-electron chi connectivity index (χ0n) is 38.4. The molecule has 2 aliphatic rings. The minimum absolute atomic E-state index is 0.00448. The maximum Gasteiger partial charge on any atom is 0.326 e. The third-order valence-electron chi connectivity index (χ3n) is 10.7. The van der Waals surface area contributed by atoms with E-state index in [4.69, 9.17) is 5.11 Å². The van der Waals surface area contributed by atoms with Gasteiger partial charge >= 0.3 is 11.9 Å². The highest BCUT2D eigenvalue weighted by molar-refractivity contribution is 5.98. The number of likely N-dealkylation sites (tertiary alicyclic amines) is 1. The Hall–Kier alpha value is -5.99. The summed E-state index contributed by atoms with van der Waals surface area (Å²) < 4.78 is 0. The van der Waals surface area contributed by atoms with Crippen LogP contribution in [-0.2, 0) is 52.7 Å². The van der Waals surface area contributed by atoms with Gasteiger partial charge in [-0.1, -0.05) is 27.7 Å². The Morgan fingerprint density at radius 1 is 0.612 bits per heavy atom. The summed E-state index contributed by atoms with van der Waals surface area (Å²) in [7, 11) is 0. The van der Waals surface area contributed by atoms with E-state index in [0.29, 0.717) is 19.4 Å². The summed E-state index contributed by atoms with van der Waals surface area (Å²) in [6.45, 7) is 5.65. The number of aliphatic hydroxyl groups excluding tert-OH is 3. The number of carbonyl (C=O) groups is 11. The lowest BCUT2D eigenvalue weighted by Gasteiger charge is -2.30. The van der Waals surface area contributed by atoms with Crippen LogP contribution in [0.1, 0.15) is 86.0 Å². The molecule has 0 radical (unpaired) electrons. The second-order valence-corrected chi connectivity index (χ2v) is 17.3. The van der Waals surface area contributed by atoms with Gasteiger partial charge in [-0.3, -0.25) is 47.9 Å². The summed E-state index contributed by atoms with van der Waals surface area (Å²) in [6, 6.07) is -10.8. The van der Waals surface area contributed by atoms with Crippen LogP contribution >= 0.6 is 0 Å². The second-order valence-electron chi connectivity index (χ2n) is 17.3. The first kappa shape index (κ1) is 57.1. The largest absolute Gasteiger partial charge is 0.481 e. The van der Waals surface area contributed by atoms with Crippen molar-refractivity contribution >= 4 is 65.1 Å². The van der Waals surface area contributed by atoms with E-state index in [1.165, 1.54) is 6.92 Å². The fourth-order valence-corrected chi connectivity index (χ4v) is 7.25. The average molecular weight is 957 g/mol. The van der Waals surface area contributed by atoms with Gasteiger partial charge in [0.1, 0.15) is 42.3 Å². The van der Waals surface area contributed by atoms with E-state index in [-0.39, 0.29) is 37.6 Å². The molecule has 0 spiro atoms. The minimum atomic E-state index is -1.69. The minimum Gasteiger partial charge on any atom is -0.481 e. The van der Waals surface area contributed by atoms with E-state index in [1.54, 1.807) is 27.7 Å². The lowest BCUT2D eigenvalue weighted by Crippen LogP contribution is -2.61. The molecule has 0 unspecified atom stereocenters. The van der Waals surface area contributed by atoms with Gasteiger partial charge < -0.3 is 78.3 Å². The molecule has 14 N–H and O–H groups in total. The van der Waals surface area contributed by atoms with Crippen LogP contribution in [0.3, 0.4) is 0 Å². The van der Waals surface area contributed by atoms with E-state index in [2.05, 4.69) is 47.9 Å². The molecule has 0 bridgehead atoms. The number of nitrogens with zero attached hydrogens (tertiary/aromatic N) is 1. The Morgan fingerprint density at radius 2 is 1.12 bits per heavy atom. The number of aliphatic hydroxyl groups is 3. The maximum absolute atomic E-state index is 13.7. The summed E-state index contributed by atoms with van der Waals surface area (Å²) in [4.78, 5) is 142. The summed E-state index contributed by atoms with van der Waals surface area (Å²) >= 11 is 0. The zero-order valence-corrected chi connectivity index (χ0v) is 38.4. The molecule has 26 heteroatoms. The van der Waals surface area contributed by atoms with Crippen LogP contribution in [0.15, 0.2) is 0 Å². The van der Waals surface area contributed by atoms with Crippen LogP contribution in [0.25, 0.3) is 0 Å². The van der Waals surface area contributed by atoms with Crippen LogP contribution in [0, 0.1) is 11.8 Å². The van der Waals surface area contributed by atoms with Crippen molar-refractivity contribution in [1.82, 2.24) is 52.8 Å². The number of hydrogen-bond acceptors (Lipinski definition) is 15. The summed E-state index contributed by atoms with van der Waals surface area (Å²) in [6.07, 6.45) is -0.625. The molecule has 0 aromatic heterocycles. The van der Waals surface area contributed by atoms with Gasteiger partial charge in [0.25, 0.3) is 0 Å². The smallest absolute Gasteiger partial charge is 0.326 e. The van der Waals surface area contributed by atoms with Crippen molar-refractivity contribution in [3.63, 3.8) is 0 Å². The Balaban J connectivity index is 2.10. The maximum atomic E-state index is 13.7. The number of aliphatic carboxylic acids is 2. The molecule has 2 rings (SSSR count). The molecular weight excluding hydrogens is 889 g/mol. The first-order valence-electron chi connectivity index (χ1n) is 22.2. The first-order valence-corrected chi connectivity index (χ1v) is 22.2. The molecule has 26 nitrogen and oxygen atoms in total. The van der Waals surface area contributed by atoms with Gasteiger partial charge in [0.05, 0.1) is 38.4 Å². The molecule has 67 heavy (non-hydrogen) atoms. The lowest BCUT2D eigenvalue weighted by atomic mass is 10.0. The standard InChI is InChI=1S/C41H68N10O16/c1-20(2)14-25(36(61)49-28(19-53)40(65)51-13-7-9-29(51)38(63)44-16-30(55)45-24(41(66)67)10-11-32(57)58)46-37(62)27(18-52)48-35(60)26(15-21(3)4)47-39(64)33(22(5)54)50-31(56)17-43-34(59)23-8-6-12-42-23/h20-29,33,42,52-54H,6-19H2,1-5H3,(H,43,59)(H,44,63)(H,45,55)(H,46,62)(H,47,64)(H,48,60)(H,49,61)(H,50,56)(H,57,58)(H,66,67)/t22-,23+,24+,25+,26+,27+,28+,29+,33+/m1/s1. The molecular formula is C41H68N10O16. The van der Waals surface area contributed by atoms with Crippen molar-refractivity contribution in [3.05, 3.63) is 0 Å². The summed E-state index contributed by atoms with van der Waals surface area (Å²) in [5.74, 6) is -11.0. The Kier molecular flexibility index (Phi) is 24.1. The molecule has 9 atom stereocenters. The number of nitrogens with one attached hydrogen (secondary N) is 9. The van der Waals surface area contributed by atoms with Crippen LogP contribution < -0.4 is 47.9 Å². The first-order chi connectivity index (χ1) is 31.5. The van der Waals surface area contributed by atoms with Gasteiger partial charge in [-0.2, -0.15) is 0 Å². The van der Waals surface area contributed by atoms with Crippen molar-refractivity contribution in [2.45, 2.75) is 140 Å². The highest BCUT2D eigenvalue weighted by Gasteiger charge is 2.39. The van der Waals surface area contributed by atoms with E-state index in [0.717, 1.165) is 11.3 Å². The van der Waals surface area contributed by atoms with Crippen LogP contribution in [0.4, 0.5) is 0 Å². The van der Waals surface area contributed by atoms with Gasteiger partial charge in [0.2, 0.25) is 53.2 Å². The topological polar surface area (TPSA) is 400 Å². The molecule has 0 saturated carbocycles. The average Bonchev–Trinajstić information content (AvgIpc) is 3.99. The predicted molar refractivity (Wildman–Crippen MR) is 233 cm³/mol. The van der Waals surface area contributed by atoms with Crippen molar-refractivity contribution in [2.75, 3.05) is 39.4 Å². The number of amides is 9. The van der Waals surface area contributed by atoms with Crippen molar-refractivity contribution in [1.29, 1.82) is 0 Å². The number of hydrogen-bond donors (Lipinski definition) is 14. The van der Waals surface area contributed by atoms with Gasteiger partial charge in [0, 0.05) is 13.0 Å². The molecule has 0 aromatic rings. The fourth-order valence-electron chi connectivity index (χ4n) is 7.25. The highest BCUT2D eigenvalue weighted by Crippen LogP contribution is 2.19. The highest BCUT2D eigenvalue weighted by atomic mass is 16.4. The van der Waals surface area contributed by atoms with Gasteiger partial charge in [-0.25, -0.2) is 4.79 Å². The van der Waals surface area contributed by atoms with E-state index in [9.17, 15) is 73.2 Å². The zero-order chi connectivity index (χ0) is 50.5. The number of rotatable bonds is 28. The third kappa shape index (κ3) is 19.4. The Morgan fingerprint density at radius 3 is 1.61 bits per heavy atom. The SMILES string of the molecule is CC(C)C[C@H](NC(=O)[C@H](CO)NC(=O)[C@H](CC(C)C)NC(=O)[C@@H](NC(=O)CNC(=O)[C@@H]1CCCN1)[C@@H](C)O)C(=O)N[C@@H](CO)C(=O)N1CCC[C@H]1C(=O)NCC(=O)N[C@@H](CCC(=O)O)C(=O)O. The molecule has 2 fully saturated rings. The summed E-state index contributed by atoms with van der Waals surface area (Å²) in [5, 5.41) is 70.7. The number of carboxylic acids is 2. The monoisotopic (exact) mass is 956 g/mol. The van der Waals surface area contributed by atoms with Crippen LogP contribution in [0.2, 0.25) is 0 Å². The molecule has 0 aromatic carbocycles. The molecule has 9 amide bonds. The molecule has 0 aliphatic carbocycles. The Bertz CT molecular complexity index is 1770. The van der Waals surface area contributed by atoms with Crippen LogP contribution in [-0.4, -0.2) is 189 Å².